The number of carbonyl (C=O) groups is 1. The monoisotopic (exact) mass is 537 g/mol. The Morgan fingerprint density at radius 2 is 1.84 bits per heavy atom. The lowest BCUT2D eigenvalue weighted by Crippen LogP contribution is -2.32. The van der Waals surface area contributed by atoms with E-state index in [9.17, 15) is 13.2 Å². The number of rotatable bonds is 12. The van der Waals surface area contributed by atoms with Crippen molar-refractivity contribution in [1.29, 1.82) is 0 Å². The molecule has 0 aliphatic heterocycles. The second-order valence-electron chi connectivity index (χ2n) is 7.95. The van der Waals surface area contributed by atoms with E-state index in [4.69, 9.17) is 9.15 Å². The van der Waals surface area contributed by atoms with Crippen LogP contribution in [0.3, 0.4) is 0 Å². The summed E-state index contributed by atoms with van der Waals surface area (Å²) in [5.41, 5.74) is 1.06. The van der Waals surface area contributed by atoms with Crippen LogP contribution in [0.2, 0.25) is 0 Å². The van der Waals surface area contributed by atoms with Crippen molar-refractivity contribution >= 4 is 42.6 Å². The molecule has 192 valence electrons. The smallest absolute Gasteiger partial charge is 0.260 e. The number of fused-ring (bicyclic) bond motifs is 1. The van der Waals surface area contributed by atoms with Gasteiger partial charge in [-0.15, -0.1) is 13.2 Å². The largest absolute Gasteiger partial charge is 0.494 e. The molecule has 0 aliphatic rings. The van der Waals surface area contributed by atoms with Gasteiger partial charge in [-0.05, 0) is 61.5 Å². The minimum Gasteiger partial charge on any atom is -0.494 e. The molecule has 2 heterocycles. The summed E-state index contributed by atoms with van der Waals surface area (Å²) in [6, 6.07) is 15.0. The average Bonchev–Trinajstić information content (AvgIpc) is 3.56. The number of hydrogen-bond acceptors (Lipinski definition) is 7. The van der Waals surface area contributed by atoms with Crippen LogP contribution >= 0.6 is 11.3 Å². The Kier molecular flexibility index (Phi) is 8.22. The number of furan rings is 1. The molecule has 0 saturated heterocycles. The van der Waals surface area contributed by atoms with Gasteiger partial charge >= 0.3 is 0 Å². The first-order valence-electron chi connectivity index (χ1n) is 11.6. The van der Waals surface area contributed by atoms with Crippen molar-refractivity contribution < 1.29 is 22.4 Å². The molecule has 1 amide bonds. The Hall–Kier alpha value is -3.73. The number of anilines is 1. The molecule has 4 aromatic rings. The highest BCUT2D eigenvalue weighted by Crippen LogP contribution is 2.33. The van der Waals surface area contributed by atoms with Gasteiger partial charge in [-0.2, -0.15) is 4.31 Å². The standard InChI is InChI=1S/C27H27N3O5S2/c1-4-15-29(16-5-2)37(32,33)23-12-9-20(10-13-23)26(31)30(19-22-8-7-17-35-22)27-28-24-14-11-21(34-6-3)18-25(24)36-27/h4-5,7-14,17-18H,1-2,6,15-16,19H2,3H3. The van der Waals surface area contributed by atoms with Gasteiger partial charge in [-0.25, -0.2) is 13.4 Å². The highest BCUT2D eigenvalue weighted by Gasteiger charge is 2.26. The molecule has 2 aromatic carbocycles. The highest BCUT2D eigenvalue weighted by atomic mass is 32.2. The molecular formula is C27H27N3O5S2. The minimum atomic E-state index is -3.78. The van der Waals surface area contributed by atoms with Crippen molar-refractivity contribution in [3.63, 3.8) is 0 Å². The summed E-state index contributed by atoms with van der Waals surface area (Å²) < 4.78 is 39.3. The van der Waals surface area contributed by atoms with Crippen LogP contribution in [0.4, 0.5) is 5.13 Å². The van der Waals surface area contributed by atoms with Crippen molar-refractivity contribution in [3.05, 3.63) is 97.5 Å². The normalized spacial score (nSPS) is 11.5. The quantitative estimate of drug-likeness (QED) is 0.222. The number of sulfonamides is 1. The third kappa shape index (κ3) is 5.82. The zero-order valence-corrected chi connectivity index (χ0v) is 22.0. The molecule has 4 rings (SSSR count). The number of carbonyl (C=O) groups excluding carboxylic acids is 1. The first kappa shape index (κ1) is 26.3. The lowest BCUT2D eigenvalue weighted by molar-refractivity contribution is 0.0983. The van der Waals surface area contributed by atoms with Crippen molar-refractivity contribution in [2.45, 2.75) is 18.4 Å². The fourth-order valence-electron chi connectivity index (χ4n) is 3.68. The maximum Gasteiger partial charge on any atom is 0.260 e. The summed E-state index contributed by atoms with van der Waals surface area (Å²) >= 11 is 1.36. The fraction of sp³-hybridized carbons (Fsp3) is 0.185. The van der Waals surface area contributed by atoms with E-state index in [1.807, 2.05) is 25.1 Å². The maximum atomic E-state index is 13.7. The van der Waals surface area contributed by atoms with Crippen LogP contribution in [-0.2, 0) is 16.6 Å². The summed E-state index contributed by atoms with van der Waals surface area (Å²) in [5.74, 6) is 0.984. The van der Waals surface area contributed by atoms with Crippen LogP contribution in [0.1, 0.15) is 23.0 Å². The average molecular weight is 538 g/mol. The molecule has 8 nitrogen and oxygen atoms in total. The molecule has 0 N–H and O–H groups in total. The molecule has 0 atom stereocenters. The van der Waals surface area contributed by atoms with E-state index in [2.05, 4.69) is 18.1 Å². The molecule has 0 bridgehead atoms. The second-order valence-corrected chi connectivity index (χ2v) is 10.9. The number of nitrogens with zero attached hydrogens (tertiary/aromatic N) is 3. The zero-order chi connectivity index (χ0) is 26.4. The molecule has 2 aromatic heterocycles. The Morgan fingerprint density at radius 3 is 2.46 bits per heavy atom. The topological polar surface area (TPSA) is 93.0 Å². The van der Waals surface area contributed by atoms with Gasteiger partial charge in [-0.3, -0.25) is 9.69 Å². The molecule has 0 spiro atoms. The predicted octanol–water partition coefficient (Wildman–Crippen LogP) is 5.50. The third-order valence-electron chi connectivity index (χ3n) is 5.43. The van der Waals surface area contributed by atoms with E-state index in [0.717, 1.165) is 16.0 Å². The van der Waals surface area contributed by atoms with Crippen molar-refractivity contribution in [2.24, 2.45) is 0 Å². The number of thiazole rings is 1. The van der Waals surface area contributed by atoms with Crippen LogP contribution in [0.5, 0.6) is 5.75 Å². The SMILES string of the molecule is C=CCN(CC=C)S(=O)(=O)c1ccc(C(=O)N(Cc2ccco2)c2nc3ccc(OCC)cc3s2)cc1. The summed E-state index contributed by atoms with van der Waals surface area (Å²) in [5, 5.41) is 0.491. The van der Waals surface area contributed by atoms with Crippen molar-refractivity contribution in [3.8, 4) is 5.75 Å². The Morgan fingerprint density at radius 1 is 1.11 bits per heavy atom. The van der Waals surface area contributed by atoms with Crippen LogP contribution in [0.25, 0.3) is 10.2 Å². The van der Waals surface area contributed by atoms with E-state index < -0.39 is 10.0 Å². The van der Waals surface area contributed by atoms with Crippen LogP contribution < -0.4 is 9.64 Å². The molecule has 10 heteroatoms. The van der Waals surface area contributed by atoms with Gasteiger partial charge < -0.3 is 9.15 Å². The van der Waals surface area contributed by atoms with Crippen LogP contribution in [-0.4, -0.2) is 43.3 Å². The van der Waals surface area contributed by atoms with Crippen molar-refractivity contribution in [2.75, 3.05) is 24.6 Å². The molecule has 0 unspecified atom stereocenters. The first-order chi connectivity index (χ1) is 17.9. The van der Waals surface area contributed by atoms with Crippen LogP contribution in [0, 0.1) is 0 Å². The number of amides is 1. The van der Waals surface area contributed by atoms with Gasteiger partial charge in [0.2, 0.25) is 10.0 Å². The Balaban J connectivity index is 1.67. The van der Waals surface area contributed by atoms with Crippen molar-refractivity contribution in [1.82, 2.24) is 9.29 Å². The lowest BCUT2D eigenvalue weighted by Gasteiger charge is -2.20. The molecular weight excluding hydrogens is 510 g/mol. The lowest BCUT2D eigenvalue weighted by atomic mass is 10.2. The molecule has 0 radical (unpaired) electrons. The highest BCUT2D eigenvalue weighted by molar-refractivity contribution is 7.89. The third-order valence-corrected chi connectivity index (χ3v) is 8.32. The van der Waals surface area contributed by atoms with Gasteiger partial charge in [0.25, 0.3) is 5.91 Å². The van der Waals surface area contributed by atoms with E-state index in [1.165, 1.54) is 57.0 Å². The number of ether oxygens (including phenoxy) is 1. The van der Waals surface area contributed by atoms with Gasteiger partial charge in [0.15, 0.2) is 5.13 Å². The van der Waals surface area contributed by atoms with E-state index in [-0.39, 0.29) is 30.4 Å². The fourth-order valence-corrected chi connectivity index (χ4v) is 6.06. The predicted molar refractivity (Wildman–Crippen MR) is 146 cm³/mol. The molecule has 0 saturated carbocycles. The van der Waals surface area contributed by atoms with E-state index >= 15 is 0 Å². The van der Waals surface area contributed by atoms with Gasteiger partial charge in [-0.1, -0.05) is 23.5 Å². The van der Waals surface area contributed by atoms with Gasteiger partial charge in [0.1, 0.15) is 11.5 Å². The first-order valence-corrected chi connectivity index (χ1v) is 13.8. The number of benzene rings is 2. The summed E-state index contributed by atoms with van der Waals surface area (Å²) in [4.78, 5) is 19.9. The van der Waals surface area contributed by atoms with E-state index in [0.29, 0.717) is 23.1 Å². The van der Waals surface area contributed by atoms with E-state index in [1.54, 1.807) is 18.4 Å². The van der Waals surface area contributed by atoms with Gasteiger partial charge in [0, 0.05) is 18.7 Å². The number of hydrogen-bond donors (Lipinski definition) is 0. The summed E-state index contributed by atoms with van der Waals surface area (Å²) in [6.07, 6.45) is 4.57. The Bertz CT molecular complexity index is 1480. The van der Waals surface area contributed by atoms with Crippen LogP contribution in [0.15, 0.2) is 95.5 Å². The second kappa shape index (κ2) is 11.5. The van der Waals surface area contributed by atoms with Gasteiger partial charge in [0.05, 0.1) is 34.5 Å². The minimum absolute atomic E-state index is 0.0776. The maximum absolute atomic E-state index is 13.7. The molecule has 0 aliphatic carbocycles. The number of aromatic nitrogens is 1. The molecule has 37 heavy (non-hydrogen) atoms. The summed E-state index contributed by atoms with van der Waals surface area (Å²) in [6.45, 7) is 10.2. The molecule has 0 fully saturated rings. The zero-order valence-electron chi connectivity index (χ0n) is 20.4. The Labute approximate surface area is 220 Å². The summed E-state index contributed by atoms with van der Waals surface area (Å²) in [7, 11) is -3.78.